The lowest BCUT2D eigenvalue weighted by Gasteiger charge is -2.31. The lowest BCUT2D eigenvalue weighted by Crippen LogP contribution is -2.44. The molecule has 2 fully saturated rings. The summed E-state index contributed by atoms with van der Waals surface area (Å²) in [6.07, 6.45) is 6.55. The molecule has 1 aliphatic heterocycles. The number of nitrogens with one attached hydrogen (secondary N) is 1. The second kappa shape index (κ2) is 9.50. The van der Waals surface area contributed by atoms with Crippen molar-refractivity contribution in [3.63, 3.8) is 0 Å². The largest absolute Gasteiger partial charge is 0.383 e. The normalized spacial score (nSPS) is 19.6. The van der Waals surface area contributed by atoms with E-state index < -0.39 is 0 Å². The minimum Gasteiger partial charge on any atom is -0.383 e. The van der Waals surface area contributed by atoms with E-state index in [-0.39, 0.29) is 17.5 Å². The van der Waals surface area contributed by atoms with E-state index in [1.54, 1.807) is 11.7 Å². The first-order chi connectivity index (χ1) is 13.1. The average molecular weight is 380 g/mol. The molecule has 1 saturated heterocycles. The predicted octanol–water partition coefficient (Wildman–Crippen LogP) is 0.949. The third kappa shape index (κ3) is 4.99. The Kier molecular flexibility index (Phi) is 7.07. The van der Waals surface area contributed by atoms with Crippen molar-refractivity contribution < 1.29 is 9.53 Å². The zero-order valence-corrected chi connectivity index (χ0v) is 16.7. The van der Waals surface area contributed by atoms with Gasteiger partial charge in [0.05, 0.1) is 19.7 Å². The molecule has 3 rings (SSSR count). The molecule has 0 unspecified atom stereocenters. The number of methoxy groups -OCH3 is 1. The van der Waals surface area contributed by atoms with Gasteiger partial charge in [0.25, 0.3) is 0 Å². The first kappa shape index (κ1) is 20.1. The third-order valence-electron chi connectivity index (χ3n) is 5.82. The van der Waals surface area contributed by atoms with Gasteiger partial charge in [0.1, 0.15) is 5.82 Å². The summed E-state index contributed by atoms with van der Waals surface area (Å²) in [6.45, 7) is 5.79. The minimum absolute atomic E-state index is 0.0529. The van der Waals surface area contributed by atoms with Crippen LogP contribution in [0, 0.1) is 0 Å². The highest BCUT2D eigenvalue weighted by atomic mass is 16.5. The van der Waals surface area contributed by atoms with Gasteiger partial charge in [-0.1, -0.05) is 12.8 Å². The van der Waals surface area contributed by atoms with Crippen molar-refractivity contribution in [1.29, 1.82) is 0 Å². The van der Waals surface area contributed by atoms with Gasteiger partial charge in [0.2, 0.25) is 5.91 Å². The van der Waals surface area contributed by atoms with Crippen LogP contribution in [0.25, 0.3) is 0 Å². The number of likely N-dealkylation sites (tertiary alicyclic amines) is 1. The number of carbonyl (C=O) groups excluding carboxylic acids is 1. The lowest BCUT2D eigenvalue weighted by molar-refractivity contribution is -0.123. The number of amides is 1. The Bertz CT molecular complexity index is 669. The Balaban J connectivity index is 1.54. The molecular formula is C19H33N5O3. The first-order valence-corrected chi connectivity index (χ1v) is 10.3. The molecule has 1 aliphatic carbocycles. The maximum absolute atomic E-state index is 12.5. The number of nitrogens with zero attached hydrogens (tertiary/aromatic N) is 4. The van der Waals surface area contributed by atoms with Crippen LogP contribution in [-0.2, 0) is 22.6 Å². The van der Waals surface area contributed by atoms with E-state index in [1.807, 2.05) is 6.92 Å². The average Bonchev–Trinajstić information content (AvgIpc) is 3.28. The molecule has 0 aromatic carbocycles. The van der Waals surface area contributed by atoms with Crippen molar-refractivity contribution in [1.82, 2.24) is 24.6 Å². The molecule has 1 aromatic heterocycles. The summed E-state index contributed by atoms with van der Waals surface area (Å²) in [4.78, 5) is 26.9. The highest BCUT2D eigenvalue weighted by Crippen LogP contribution is 2.26. The topological polar surface area (TPSA) is 81.4 Å². The van der Waals surface area contributed by atoms with Gasteiger partial charge in [0.15, 0.2) is 0 Å². The highest BCUT2D eigenvalue weighted by molar-refractivity contribution is 5.78. The van der Waals surface area contributed by atoms with Crippen molar-refractivity contribution in [2.45, 2.75) is 70.5 Å². The van der Waals surface area contributed by atoms with Crippen molar-refractivity contribution in [3.05, 3.63) is 16.3 Å². The molecule has 2 heterocycles. The Labute approximate surface area is 160 Å². The van der Waals surface area contributed by atoms with Crippen LogP contribution in [0.15, 0.2) is 4.79 Å². The maximum atomic E-state index is 12.5. The summed E-state index contributed by atoms with van der Waals surface area (Å²) in [6, 6.07) is 0.380. The zero-order chi connectivity index (χ0) is 19.2. The second-order valence-electron chi connectivity index (χ2n) is 7.70. The van der Waals surface area contributed by atoms with E-state index in [4.69, 9.17) is 4.74 Å². The summed E-state index contributed by atoms with van der Waals surface area (Å²) in [5.41, 5.74) is -0.0529. The van der Waals surface area contributed by atoms with Crippen molar-refractivity contribution in [3.8, 4) is 0 Å². The fourth-order valence-electron chi connectivity index (χ4n) is 4.28. The summed E-state index contributed by atoms with van der Waals surface area (Å²) in [5, 5.41) is 7.75. The summed E-state index contributed by atoms with van der Waals surface area (Å²) in [7, 11) is 1.63. The van der Waals surface area contributed by atoms with E-state index in [2.05, 4.69) is 15.3 Å². The number of carbonyl (C=O) groups is 1. The van der Waals surface area contributed by atoms with Gasteiger partial charge < -0.3 is 10.1 Å². The Morgan fingerprint density at radius 2 is 1.93 bits per heavy atom. The Hall–Kier alpha value is -1.67. The molecule has 8 nitrogen and oxygen atoms in total. The molecule has 1 amide bonds. The minimum atomic E-state index is -0.0529. The highest BCUT2D eigenvalue weighted by Gasteiger charge is 2.27. The van der Waals surface area contributed by atoms with E-state index in [0.29, 0.717) is 32.3 Å². The van der Waals surface area contributed by atoms with E-state index >= 15 is 0 Å². The van der Waals surface area contributed by atoms with Crippen LogP contribution in [0.2, 0.25) is 0 Å². The lowest BCUT2D eigenvalue weighted by atomic mass is 9.96. The maximum Gasteiger partial charge on any atom is 0.345 e. The van der Waals surface area contributed by atoms with Crippen LogP contribution in [0.1, 0.15) is 57.2 Å². The molecule has 0 atom stereocenters. The molecule has 1 N–H and O–H groups in total. The number of hydrogen-bond acceptors (Lipinski definition) is 5. The predicted molar refractivity (Wildman–Crippen MR) is 103 cm³/mol. The van der Waals surface area contributed by atoms with E-state index in [1.165, 1.54) is 17.5 Å². The summed E-state index contributed by atoms with van der Waals surface area (Å²) in [5.74, 6) is 1.30. The molecule has 2 aliphatic rings. The number of piperidine rings is 1. The molecule has 0 spiro atoms. The molecule has 0 radical (unpaired) electrons. The van der Waals surface area contributed by atoms with Gasteiger partial charge in [-0.3, -0.25) is 14.3 Å². The molecule has 152 valence electrons. The Morgan fingerprint density at radius 3 is 2.56 bits per heavy atom. The smallest absolute Gasteiger partial charge is 0.345 e. The van der Waals surface area contributed by atoms with Crippen LogP contribution in [0.3, 0.4) is 0 Å². The number of aromatic nitrogens is 3. The van der Waals surface area contributed by atoms with Crippen LogP contribution in [0.4, 0.5) is 0 Å². The number of ether oxygens (including phenoxy) is 1. The van der Waals surface area contributed by atoms with Crippen molar-refractivity contribution in [2.75, 3.05) is 33.4 Å². The van der Waals surface area contributed by atoms with Crippen molar-refractivity contribution in [2.24, 2.45) is 0 Å². The van der Waals surface area contributed by atoms with Crippen LogP contribution in [0.5, 0.6) is 0 Å². The van der Waals surface area contributed by atoms with Gasteiger partial charge in [-0.05, 0) is 45.7 Å². The van der Waals surface area contributed by atoms with Crippen LogP contribution < -0.4 is 11.0 Å². The first-order valence-electron chi connectivity index (χ1n) is 10.3. The molecule has 1 aromatic rings. The fourth-order valence-corrected chi connectivity index (χ4v) is 4.28. The fraction of sp³-hybridized carbons (Fsp3) is 0.842. The van der Waals surface area contributed by atoms with Gasteiger partial charge in [-0.2, -0.15) is 5.10 Å². The second-order valence-corrected chi connectivity index (χ2v) is 7.70. The monoisotopic (exact) mass is 379 g/mol. The van der Waals surface area contributed by atoms with Gasteiger partial charge in [-0.15, -0.1) is 0 Å². The van der Waals surface area contributed by atoms with Gasteiger partial charge >= 0.3 is 5.69 Å². The Morgan fingerprint density at radius 1 is 1.22 bits per heavy atom. The molecule has 0 bridgehead atoms. The molecule has 8 heteroatoms. The van der Waals surface area contributed by atoms with E-state index in [9.17, 15) is 9.59 Å². The quantitative estimate of drug-likeness (QED) is 0.727. The number of rotatable bonds is 8. The number of hydrogen-bond donors (Lipinski definition) is 1. The van der Waals surface area contributed by atoms with Gasteiger partial charge in [-0.25, -0.2) is 9.48 Å². The van der Waals surface area contributed by atoms with E-state index in [0.717, 1.165) is 44.6 Å². The van der Waals surface area contributed by atoms with Crippen LogP contribution >= 0.6 is 0 Å². The third-order valence-corrected chi connectivity index (χ3v) is 5.82. The molecule has 1 saturated carbocycles. The standard InChI is InChI=1S/C19H33N5O3/c1-3-23-18(21-24(19(23)26)12-13-27-2)15-8-10-22(11-9-15)14-17(25)20-16-6-4-5-7-16/h15-16H,3-14H2,1-2H3,(H,20,25). The van der Waals surface area contributed by atoms with Crippen LogP contribution in [-0.4, -0.2) is 64.5 Å². The molecular weight excluding hydrogens is 346 g/mol. The zero-order valence-electron chi connectivity index (χ0n) is 16.7. The molecule has 27 heavy (non-hydrogen) atoms. The summed E-state index contributed by atoms with van der Waals surface area (Å²) < 4.78 is 8.37. The van der Waals surface area contributed by atoms with Crippen molar-refractivity contribution >= 4 is 5.91 Å². The van der Waals surface area contributed by atoms with Gasteiger partial charge in [0, 0.05) is 25.6 Å². The SMILES string of the molecule is CCn1c(C2CCN(CC(=O)NC3CCCC3)CC2)nn(CCOC)c1=O. The summed E-state index contributed by atoms with van der Waals surface area (Å²) >= 11 is 0.